The molecule has 0 spiro atoms. The Morgan fingerprint density at radius 1 is 1.00 bits per heavy atom. The van der Waals surface area contributed by atoms with Crippen LogP contribution in [0.15, 0.2) is 78.0 Å². The van der Waals surface area contributed by atoms with Gasteiger partial charge in [0.1, 0.15) is 19.3 Å². The van der Waals surface area contributed by atoms with E-state index in [1.807, 2.05) is 80.3 Å². The molecule has 1 aliphatic carbocycles. The zero-order valence-electron chi connectivity index (χ0n) is 23.6. The number of allylic oxidation sites excluding steroid dienone is 2. The van der Waals surface area contributed by atoms with E-state index in [1.165, 1.54) is 0 Å². The number of methoxy groups -OCH3 is 1. The number of aryl methyl sites for hydroxylation is 1. The Morgan fingerprint density at radius 2 is 1.60 bits per heavy atom. The van der Waals surface area contributed by atoms with Gasteiger partial charge in [0.05, 0.1) is 19.1 Å². The van der Waals surface area contributed by atoms with Crippen molar-refractivity contribution in [3.8, 4) is 16.9 Å². The topological polar surface area (TPSA) is 136 Å². The zero-order chi connectivity index (χ0) is 31.5. The van der Waals surface area contributed by atoms with E-state index in [2.05, 4.69) is 10.1 Å². The van der Waals surface area contributed by atoms with Crippen molar-refractivity contribution in [1.29, 1.82) is 0 Å². The van der Waals surface area contributed by atoms with Crippen molar-refractivity contribution in [3.05, 3.63) is 83.3 Å². The number of ether oxygens (including phenoxy) is 1. The average Bonchev–Trinajstić information content (AvgIpc) is 3.29. The van der Waals surface area contributed by atoms with Gasteiger partial charge in [-0.25, -0.2) is 0 Å². The Morgan fingerprint density at radius 3 is 2.12 bits per heavy atom. The van der Waals surface area contributed by atoms with Gasteiger partial charge in [0.2, 0.25) is 5.91 Å². The molecule has 2 aromatic rings. The number of alkyl halides is 2. The number of carbonyl (C=O) groups excluding carboxylic acids is 4. The van der Waals surface area contributed by atoms with Crippen LogP contribution in [0.2, 0.25) is 0 Å². The van der Waals surface area contributed by atoms with Gasteiger partial charge in [-0.3, -0.25) is 14.5 Å². The lowest BCUT2D eigenvalue weighted by molar-refractivity contribution is -0.122. The second kappa shape index (κ2) is 19.5. The molecule has 0 radical (unpaired) electrons. The monoisotopic (exact) mass is 617 g/mol. The van der Waals surface area contributed by atoms with E-state index < -0.39 is 10.2 Å². The van der Waals surface area contributed by atoms with E-state index in [0.29, 0.717) is 13.0 Å². The molecule has 42 heavy (non-hydrogen) atoms. The molecule has 4 rings (SSSR count). The van der Waals surface area contributed by atoms with Crippen LogP contribution in [-0.2, 0) is 25.6 Å². The van der Waals surface area contributed by atoms with Crippen molar-refractivity contribution in [2.24, 2.45) is 16.8 Å². The van der Waals surface area contributed by atoms with Crippen LogP contribution < -0.4 is 10.5 Å². The molecule has 1 aliphatic heterocycles. The molecule has 226 valence electrons. The van der Waals surface area contributed by atoms with Gasteiger partial charge in [-0.1, -0.05) is 84.2 Å². The fourth-order valence-electron chi connectivity index (χ4n) is 4.55. The highest BCUT2D eigenvalue weighted by Gasteiger charge is 2.38. The quantitative estimate of drug-likeness (QED) is 0.322. The van der Waals surface area contributed by atoms with Crippen molar-refractivity contribution < 1.29 is 23.9 Å². The highest BCUT2D eigenvalue weighted by Crippen LogP contribution is 2.35. The van der Waals surface area contributed by atoms with Crippen LogP contribution in [0.5, 0.6) is 5.75 Å². The molecule has 1 saturated heterocycles. The van der Waals surface area contributed by atoms with E-state index in [4.69, 9.17) is 43.3 Å². The number of nitroso groups, excluding NO2 is 1. The van der Waals surface area contributed by atoms with Crippen LogP contribution >= 0.6 is 23.2 Å². The lowest BCUT2D eigenvalue weighted by Crippen LogP contribution is -2.48. The molecule has 0 bridgehead atoms. The summed E-state index contributed by atoms with van der Waals surface area (Å²) in [6, 6.07) is 15.6. The minimum Gasteiger partial charge on any atom is -0.497 e. The summed E-state index contributed by atoms with van der Waals surface area (Å²) in [5.41, 5.74) is 8.64. The van der Waals surface area contributed by atoms with Crippen LogP contribution in [0.3, 0.4) is 0 Å². The van der Waals surface area contributed by atoms with Crippen LogP contribution in [0, 0.1) is 10.8 Å². The van der Waals surface area contributed by atoms with Gasteiger partial charge in [-0.05, 0) is 60.7 Å². The van der Waals surface area contributed by atoms with E-state index in [1.54, 1.807) is 13.2 Å². The molecule has 11 heteroatoms. The molecule has 2 N–H and O–H groups in total. The van der Waals surface area contributed by atoms with Crippen LogP contribution in [-0.4, -0.2) is 60.9 Å². The lowest BCUT2D eigenvalue weighted by Gasteiger charge is -2.37. The van der Waals surface area contributed by atoms with Crippen molar-refractivity contribution in [2.45, 2.75) is 42.5 Å². The molecule has 1 fully saturated rings. The molecule has 9 nitrogen and oxygen atoms in total. The highest BCUT2D eigenvalue weighted by molar-refractivity contribution is 6.50. The second-order valence-corrected chi connectivity index (χ2v) is 10.8. The summed E-state index contributed by atoms with van der Waals surface area (Å²) in [6.07, 6.45) is 11.2. The molecule has 0 saturated carbocycles. The molecule has 2 amide bonds. The fraction of sp³-hybridized carbons (Fsp3) is 0.355. The maximum atomic E-state index is 11.4. The van der Waals surface area contributed by atoms with Crippen molar-refractivity contribution in [3.63, 3.8) is 0 Å². The Kier molecular flexibility index (Phi) is 16.8. The molecule has 2 atom stereocenters. The van der Waals surface area contributed by atoms with E-state index in [0.717, 1.165) is 48.2 Å². The minimum atomic E-state index is -0.929. The zero-order valence-corrected chi connectivity index (χ0v) is 25.1. The molecule has 0 aromatic heterocycles. The molecule has 1 heterocycles. The van der Waals surface area contributed by atoms with Gasteiger partial charge in [0, 0.05) is 18.1 Å². The predicted octanol–water partition coefficient (Wildman–Crippen LogP) is 5.46. The summed E-state index contributed by atoms with van der Waals surface area (Å²) in [7, 11) is 1.64. The first-order valence-electron chi connectivity index (χ1n) is 13.2. The van der Waals surface area contributed by atoms with Crippen LogP contribution in [0.1, 0.15) is 31.2 Å². The fourth-order valence-corrected chi connectivity index (χ4v) is 5.11. The maximum Gasteiger partial charge on any atom is 0.286 e. The third-order valence-electron chi connectivity index (χ3n) is 6.72. The highest BCUT2D eigenvalue weighted by atomic mass is 35.5. The van der Waals surface area contributed by atoms with E-state index >= 15 is 0 Å². The number of hydrogen-bond acceptors (Lipinski definition) is 7. The number of amides is 2. The second-order valence-electron chi connectivity index (χ2n) is 9.36. The first-order chi connectivity index (χ1) is 20.2. The van der Waals surface area contributed by atoms with Gasteiger partial charge in [0.25, 0.3) is 5.91 Å². The molecular weight excluding hydrogens is 581 g/mol. The third-order valence-corrected chi connectivity index (χ3v) is 7.42. The largest absolute Gasteiger partial charge is 0.497 e. The lowest BCUT2D eigenvalue weighted by atomic mass is 10.0. The predicted molar refractivity (Wildman–Crippen MR) is 166 cm³/mol. The summed E-state index contributed by atoms with van der Waals surface area (Å²) in [5, 5.41) is 2.38. The summed E-state index contributed by atoms with van der Waals surface area (Å²) >= 11 is 12.6. The van der Waals surface area contributed by atoms with Crippen molar-refractivity contribution in [2.75, 3.05) is 20.2 Å². The van der Waals surface area contributed by atoms with Gasteiger partial charge >= 0.3 is 0 Å². The molecular formula is C31H37Cl2N3O6. The number of rotatable bonds is 7. The first-order valence-corrected chi connectivity index (χ1v) is 13.9. The number of nitrogens with zero attached hydrogens (tertiary/aromatic N) is 2. The molecule has 2 unspecified atom stereocenters. The number of hydrogen-bond donors (Lipinski definition) is 1. The van der Waals surface area contributed by atoms with Crippen LogP contribution in [0.4, 0.5) is 0 Å². The Labute approximate surface area is 256 Å². The minimum absolute atomic E-state index is 0.0919. The number of nitrogens with two attached hydrogens (primary N) is 1. The number of carbonyl (C=O) groups is 4. The van der Waals surface area contributed by atoms with E-state index in [-0.39, 0.29) is 24.3 Å². The summed E-state index contributed by atoms with van der Waals surface area (Å²) < 4.78 is 4.19. The number of halogens is 2. The third kappa shape index (κ3) is 11.7. The number of benzene rings is 2. The standard InChI is InChI=1S/C16H15NO3.C13H18Cl2N2O.2CH2O/c1-20-15-9-7-14(8-10-15)13-5-2-12(3-6-13)4-11-16(18)17-19;14-13(15)7-3-1-6-11(13)17-8-4-2-5-10(9-17)12(16)18;2*1-2/h2-3,5-10H,4,11H2,1H3;1,3,6-7,10-11H,2,4-5,8-9H2,(H2,16,18);2*1H2. The first kappa shape index (κ1) is 36.4. The summed E-state index contributed by atoms with van der Waals surface area (Å²) in [6.45, 7) is 5.53. The maximum absolute atomic E-state index is 11.4. The number of likely N-dealkylation sites (tertiary alicyclic amines) is 1. The SMILES string of the molecule is C=O.C=O.COc1ccc(-c2ccc(CCC(=O)N=O)cc2)cc1.NC(=O)C1CCCCN(C2C=CC=CC2(Cl)Cl)C1. The van der Waals surface area contributed by atoms with Crippen molar-refractivity contribution >= 4 is 48.6 Å². The van der Waals surface area contributed by atoms with Gasteiger partial charge in [0.15, 0.2) is 4.33 Å². The average molecular weight is 619 g/mol. The van der Waals surface area contributed by atoms with Crippen molar-refractivity contribution in [1.82, 2.24) is 4.90 Å². The van der Waals surface area contributed by atoms with Gasteiger partial charge < -0.3 is 20.1 Å². The summed E-state index contributed by atoms with van der Waals surface area (Å²) in [5.74, 6) is -0.114. The van der Waals surface area contributed by atoms with Gasteiger partial charge in [-0.15, -0.1) is 4.91 Å². The summed E-state index contributed by atoms with van der Waals surface area (Å²) in [4.78, 5) is 50.4. The molecule has 2 aliphatic rings. The van der Waals surface area contributed by atoms with Gasteiger partial charge in [-0.2, -0.15) is 0 Å². The smallest absolute Gasteiger partial charge is 0.286 e. The van der Waals surface area contributed by atoms with Crippen LogP contribution in [0.25, 0.3) is 11.1 Å². The Hall–Kier alpha value is -3.66. The van der Waals surface area contributed by atoms with E-state index in [9.17, 15) is 14.5 Å². The molecule has 2 aromatic carbocycles. The normalized spacial score (nSPS) is 18.7. The Balaban J connectivity index is 0.000000377. The Bertz CT molecular complexity index is 1180. The number of primary amides is 1.